The third-order valence-electron chi connectivity index (χ3n) is 5.84. The molecule has 2 heterocycles. The summed E-state index contributed by atoms with van der Waals surface area (Å²) >= 11 is 0. The number of ether oxygens (including phenoxy) is 1. The Morgan fingerprint density at radius 1 is 1.03 bits per heavy atom. The number of hydrogen-bond donors (Lipinski definition) is 1. The zero-order chi connectivity index (χ0) is 20.5. The van der Waals surface area contributed by atoms with Crippen LogP contribution in [0.3, 0.4) is 0 Å². The van der Waals surface area contributed by atoms with E-state index in [-0.39, 0.29) is 11.8 Å². The van der Waals surface area contributed by atoms with E-state index in [0.29, 0.717) is 24.8 Å². The fraction of sp³-hybridized carbons (Fsp3) is 0.652. The van der Waals surface area contributed by atoms with Crippen molar-refractivity contribution in [1.29, 1.82) is 0 Å². The summed E-state index contributed by atoms with van der Waals surface area (Å²) in [6.45, 7) is 6.47. The van der Waals surface area contributed by atoms with Crippen LogP contribution < -0.4 is 10.1 Å². The first-order valence-electron chi connectivity index (χ1n) is 11.2. The van der Waals surface area contributed by atoms with Crippen LogP contribution in [0.15, 0.2) is 24.3 Å². The third-order valence-corrected chi connectivity index (χ3v) is 5.84. The molecule has 0 atom stereocenters. The Labute approximate surface area is 174 Å². The number of carbonyl (C=O) groups is 2. The van der Waals surface area contributed by atoms with E-state index in [0.717, 1.165) is 64.0 Å². The molecule has 0 radical (unpaired) electrons. The summed E-state index contributed by atoms with van der Waals surface area (Å²) in [5.41, 5.74) is 0.720. The van der Waals surface area contributed by atoms with E-state index < -0.39 is 0 Å². The SMILES string of the molecule is CCCOc1ccccc1NC(=O)CN1CCC(C(=O)N2CCCCCC2)CC1. The predicted octanol–water partition coefficient (Wildman–Crippen LogP) is 3.53. The number of para-hydroxylation sites is 2. The number of benzene rings is 1. The number of amides is 2. The number of likely N-dealkylation sites (tertiary alicyclic amines) is 2. The first-order valence-corrected chi connectivity index (χ1v) is 11.2. The van der Waals surface area contributed by atoms with Gasteiger partial charge < -0.3 is 15.0 Å². The quantitative estimate of drug-likeness (QED) is 0.759. The lowest BCUT2D eigenvalue weighted by molar-refractivity contribution is -0.137. The molecule has 2 amide bonds. The highest BCUT2D eigenvalue weighted by Crippen LogP contribution is 2.25. The van der Waals surface area contributed by atoms with Crippen LogP contribution in [0, 0.1) is 5.92 Å². The van der Waals surface area contributed by atoms with Crippen LogP contribution in [-0.2, 0) is 9.59 Å². The second-order valence-corrected chi connectivity index (χ2v) is 8.18. The van der Waals surface area contributed by atoms with Gasteiger partial charge in [0.15, 0.2) is 0 Å². The Morgan fingerprint density at radius 2 is 1.72 bits per heavy atom. The van der Waals surface area contributed by atoms with Gasteiger partial charge in [-0.2, -0.15) is 0 Å². The van der Waals surface area contributed by atoms with Crippen LogP contribution in [0.4, 0.5) is 5.69 Å². The molecule has 6 heteroatoms. The van der Waals surface area contributed by atoms with Gasteiger partial charge in [0.1, 0.15) is 5.75 Å². The highest BCUT2D eigenvalue weighted by Gasteiger charge is 2.29. The van der Waals surface area contributed by atoms with Crippen molar-refractivity contribution in [3.63, 3.8) is 0 Å². The number of nitrogens with one attached hydrogen (secondary N) is 1. The van der Waals surface area contributed by atoms with Crippen LogP contribution >= 0.6 is 0 Å². The molecule has 2 aliphatic heterocycles. The maximum atomic E-state index is 12.8. The minimum atomic E-state index is -0.0326. The fourth-order valence-corrected chi connectivity index (χ4v) is 4.19. The largest absolute Gasteiger partial charge is 0.491 e. The number of hydrogen-bond acceptors (Lipinski definition) is 4. The van der Waals surface area contributed by atoms with Crippen molar-refractivity contribution < 1.29 is 14.3 Å². The molecule has 0 unspecified atom stereocenters. The standard InChI is InChI=1S/C23H35N3O3/c1-2-17-29-21-10-6-5-9-20(21)24-22(27)18-25-15-11-19(12-16-25)23(28)26-13-7-3-4-8-14-26/h5-6,9-10,19H,2-4,7-8,11-18H2,1H3,(H,24,27). The molecule has 0 bridgehead atoms. The molecule has 2 saturated heterocycles. The highest BCUT2D eigenvalue weighted by molar-refractivity contribution is 5.93. The van der Waals surface area contributed by atoms with Crippen molar-refractivity contribution in [1.82, 2.24) is 9.80 Å². The average Bonchev–Trinajstić information content (AvgIpc) is 3.03. The summed E-state index contributed by atoms with van der Waals surface area (Å²) in [6.07, 6.45) is 7.36. The van der Waals surface area contributed by atoms with Crippen molar-refractivity contribution in [2.45, 2.75) is 51.9 Å². The Bertz CT molecular complexity index is 663. The Kier molecular flexibility index (Phi) is 8.35. The Balaban J connectivity index is 1.44. The average molecular weight is 402 g/mol. The highest BCUT2D eigenvalue weighted by atomic mass is 16.5. The number of carbonyl (C=O) groups excluding carboxylic acids is 2. The minimum Gasteiger partial charge on any atom is -0.491 e. The van der Waals surface area contributed by atoms with E-state index in [2.05, 4.69) is 22.0 Å². The number of rotatable bonds is 7. The van der Waals surface area contributed by atoms with Crippen LogP contribution in [0.5, 0.6) is 5.75 Å². The summed E-state index contributed by atoms with van der Waals surface area (Å²) in [6, 6.07) is 7.56. The summed E-state index contributed by atoms with van der Waals surface area (Å²) in [7, 11) is 0. The normalized spacial score (nSPS) is 18.9. The van der Waals surface area contributed by atoms with Gasteiger partial charge in [-0.3, -0.25) is 14.5 Å². The van der Waals surface area contributed by atoms with Gasteiger partial charge in [-0.25, -0.2) is 0 Å². The van der Waals surface area contributed by atoms with Gasteiger partial charge in [-0.05, 0) is 57.3 Å². The van der Waals surface area contributed by atoms with E-state index in [4.69, 9.17) is 4.74 Å². The Hall–Kier alpha value is -2.08. The Morgan fingerprint density at radius 3 is 2.41 bits per heavy atom. The van der Waals surface area contributed by atoms with Crippen LogP contribution in [0.2, 0.25) is 0 Å². The van der Waals surface area contributed by atoms with Gasteiger partial charge in [0.2, 0.25) is 11.8 Å². The van der Waals surface area contributed by atoms with Gasteiger partial charge in [0.25, 0.3) is 0 Å². The zero-order valence-electron chi connectivity index (χ0n) is 17.7. The van der Waals surface area contributed by atoms with E-state index in [1.807, 2.05) is 24.3 Å². The van der Waals surface area contributed by atoms with Gasteiger partial charge >= 0.3 is 0 Å². The van der Waals surface area contributed by atoms with Gasteiger partial charge in [-0.1, -0.05) is 31.9 Å². The first-order chi connectivity index (χ1) is 14.2. The fourth-order valence-electron chi connectivity index (χ4n) is 4.19. The van der Waals surface area contributed by atoms with E-state index in [1.165, 1.54) is 12.8 Å². The number of anilines is 1. The summed E-state index contributed by atoms with van der Waals surface area (Å²) in [5.74, 6) is 1.13. The molecule has 1 aromatic rings. The molecule has 29 heavy (non-hydrogen) atoms. The van der Waals surface area contributed by atoms with Crippen LogP contribution in [-0.4, -0.2) is 60.9 Å². The second kappa shape index (κ2) is 11.2. The second-order valence-electron chi connectivity index (χ2n) is 8.18. The molecule has 160 valence electrons. The molecular weight excluding hydrogens is 366 g/mol. The van der Waals surface area contributed by atoms with Crippen molar-refractivity contribution in [2.24, 2.45) is 5.92 Å². The first kappa shape index (κ1) is 21.6. The lowest BCUT2D eigenvalue weighted by Crippen LogP contribution is -2.44. The molecule has 2 fully saturated rings. The number of nitrogens with zero attached hydrogens (tertiary/aromatic N) is 2. The summed E-state index contributed by atoms with van der Waals surface area (Å²) in [5, 5.41) is 2.98. The summed E-state index contributed by atoms with van der Waals surface area (Å²) in [4.78, 5) is 29.6. The van der Waals surface area contributed by atoms with Crippen molar-refractivity contribution in [2.75, 3.05) is 44.6 Å². The maximum absolute atomic E-state index is 12.8. The predicted molar refractivity (Wildman–Crippen MR) is 115 cm³/mol. The van der Waals surface area contributed by atoms with Crippen molar-refractivity contribution in [3.05, 3.63) is 24.3 Å². The lowest BCUT2D eigenvalue weighted by atomic mass is 9.95. The summed E-state index contributed by atoms with van der Waals surface area (Å²) < 4.78 is 5.71. The molecule has 0 aliphatic carbocycles. The molecule has 1 aromatic carbocycles. The molecule has 0 spiro atoms. The van der Waals surface area contributed by atoms with E-state index in [9.17, 15) is 9.59 Å². The molecule has 0 aromatic heterocycles. The monoisotopic (exact) mass is 401 g/mol. The van der Waals surface area contributed by atoms with Crippen molar-refractivity contribution in [3.8, 4) is 5.75 Å². The van der Waals surface area contributed by atoms with E-state index >= 15 is 0 Å². The zero-order valence-corrected chi connectivity index (χ0v) is 17.7. The molecule has 2 aliphatic rings. The van der Waals surface area contributed by atoms with Gasteiger partial charge in [0.05, 0.1) is 18.8 Å². The molecule has 6 nitrogen and oxygen atoms in total. The van der Waals surface area contributed by atoms with Gasteiger partial charge in [-0.15, -0.1) is 0 Å². The van der Waals surface area contributed by atoms with E-state index in [1.54, 1.807) is 0 Å². The maximum Gasteiger partial charge on any atom is 0.238 e. The van der Waals surface area contributed by atoms with Crippen molar-refractivity contribution >= 4 is 17.5 Å². The molecular formula is C23H35N3O3. The number of piperidine rings is 1. The smallest absolute Gasteiger partial charge is 0.238 e. The molecule has 0 saturated carbocycles. The third kappa shape index (κ3) is 6.46. The topological polar surface area (TPSA) is 61.9 Å². The minimum absolute atomic E-state index is 0.0326. The van der Waals surface area contributed by atoms with Crippen LogP contribution in [0.25, 0.3) is 0 Å². The van der Waals surface area contributed by atoms with Crippen LogP contribution in [0.1, 0.15) is 51.9 Å². The molecule has 3 rings (SSSR count). The lowest BCUT2D eigenvalue weighted by Gasteiger charge is -2.33. The van der Waals surface area contributed by atoms with Gasteiger partial charge in [0, 0.05) is 19.0 Å². The molecule has 1 N–H and O–H groups in total.